The smallest absolute Gasteiger partial charge is 0.0648 e. The quantitative estimate of drug-likeness (QED) is 0.797. The van der Waals surface area contributed by atoms with Gasteiger partial charge in [0.05, 0.1) is 11.9 Å². The maximum absolute atomic E-state index is 4.40. The molecule has 0 saturated carbocycles. The monoisotopic (exact) mass is 229 g/mol. The zero-order valence-electron chi connectivity index (χ0n) is 10.5. The molecule has 0 aliphatic carbocycles. The van der Waals surface area contributed by atoms with Crippen LogP contribution in [-0.2, 0) is 6.42 Å². The second-order valence-corrected chi connectivity index (χ2v) is 4.34. The average Bonchev–Trinajstić information content (AvgIpc) is 2.78. The molecule has 1 aromatic heterocycles. The molecule has 0 atom stereocenters. The van der Waals surface area contributed by atoms with Gasteiger partial charge in [0.2, 0.25) is 0 Å². The van der Waals surface area contributed by atoms with Crippen molar-refractivity contribution in [2.24, 2.45) is 0 Å². The molecule has 3 heteroatoms. The van der Waals surface area contributed by atoms with Crippen LogP contribution >= 0.6 is 0 Å². The van der Waals surface area contributed by atoms with E-state index in [-0.39, 0.29) is 0 Å². The van der Waals surface area contributed by atoms with Crippen molar-refractivity contribution >= 4 is 0 Å². The highest BCUT2D eigenvalue weighted by Crippen LogP contribution is 2.11. The number of nitrogens with zero attached hydrogens (tertiary/aromatic N) is 2. The highest BCUT2D eigenvalue weighted by atomic mass is 15.3. The summed E-state index contributed by atoms with van der Waals surface area (Å²) < 4.78 is 1.95. The number of nitrogens with one attached hydrogen (secondary N) is 1. The van der Waals surface area contributed by atoms with Crippen molar-refractivity contribution in [2.45, 2.75) is 19.8 Å². The molecule has 0 aliphatic heterocycles. The van der Waals surface area contributed by atoms with Crippen LogP contribution in [0.2, 0.25) is 0 Å². The van der Waals surface area contributed by atoms with Gasteiger partial charge in [-0.15, -0.1) is 0 Å². The second-order valence-electron chi connectivity index (χ2n) is 4.34. The maximum atomic E-state index is 4.40. The number of aromatic nitrogens is 2. The molecular formula is C14H19N3. The molecule has 2 aromatic rings. The molecule has 0 saturated heterocycles. The van der Waals surface area contributed by atoms with Crippen molar-refractivity contribution in [1.29, 1.82) is 0 Å². The average molecular weight is 229 g/mol. The van der Waals surface area contributed by atoms with Crippen molar-refractivity contribution < 1.29 is 0 Å². The minimum Gasteiger partial charge on any atom is -0.320 e. The SMILES string of the molecule is CNCCCc1cnn(-c2cccc(C)c2)c1. The number of aryl methyl sites for hydroxylation is 2. The van der Waals surface area contributed by atoms with E-state index in [2.05, 4.69) is 47.8 Å². The van der Waals surface area contributed by atoms with Gasteiger partial charge < -0.3 is 5.32 Å². The van der Waals surface area contributed by atoms with E-state index in [1.165, 1.54) is 11.1 Å². The molecule has 0 spiro atoms. The Bertz CT molecular complexity index is 474. The van der Waals surface area contributed by atoms with Crippen LogP contribution in [0, 0.1) is 6.92 Å². The topological polar surface area (TPSA) is 29.9 Å². The molecular weight excluding hydrogens is 210 g/mol. The predicted octanol–water partition coefficient (Wildman–Crippen LogP) is 2.33. The zero-order chi connectivity index (χ0) is 12.1. The Kier molecular flexibility index (Phi) is 3.94. The fraction of sp³-hybridized carbons (Fsp3) is 0.357. The predicted molar refractivity (Wildman–Crippen MR) is 70.5 cm³/mol. The lowest BCUT2D eigenvalue weighted by atomic mass is 10.2. The molecule has 0 amide bonds. The van der Waals surface area contributed by atoms with Gasteiger partial charge in [0.15, 0.2) is 0 Å². The Morgan fingerprint density at radius 1 is 1.35 bits per heavy atom. The minimum absolute atomic E-state index is 1.05. The zero-order valence-corrected chi connectivity index (χ0v) is 10.5. The molecule has 1 N–H and O–H groups in total. The molecule has 0 bridgehead atoms. The van der Waals surface area contributed by atoms with E-state index in [1.54, 1.807) is 0 Å². The van der Waals surface area contributed by atoms with Crippen molar-refractivity contribution in [1.82, 2.24) is 15.1 Å². The number of benzene rings is 1. The molecule has 1 aromatic carbocycles. The molecule has 2 rings (SSSR count). The summed E-state index contributed by atoms with van der Waals surface area (Å²) in [5.41, 5.74) is 3.68. The summed E-state index contributed by atoms with van der Waals surface area (Å²) in [4.78, 5) is 0. The van der Waals surface area contributed by atoms with Gasteiger partial charge in [0.25, 0.3) is 0 Å². The van der Waals surface area contributed by atoms with E-state index in [9.17, 15) is 0 Å². The second kappa shape index (κ2) is 5.64. The third-order valence-corrected chi connectivity index (χ3v) is 2.79. The van der Waals surface area contributed by atoms with E-state index in [4.69, 9.17) is 0 Å². The number of hydrogen-bond donors (Lipinski definition) is 1. The molecule has 0 fully saturated rings. The van der Waals surface area contributed by atoms with Crippen LogP contribution in [0.1, 0.15) is 17.5 Å². The van der Waals surface area contributed by atoms with Crippen LogP contribution in [0.25, 0.3) is 5.69 Å². The summed E-state index contributed by atoms with van der Waals surface area (Å²) in [5.74, 6) is 0. The summed E-state index contributed by atoms with van der Waals surface area (Å²) in [6.45, 7) is 3.15. The normalized spacial score (nSPS) is 10.7. The highest BCUT2D eigenvalue weighted by molar-refractivity contribution is 5.35. The molecule has 0 aliphatic rings. The first-order valence-electron chi connectivity index (χ1n) is 6.05. The van der Waals surface area contributed by atoms with Gasteiger partial charge in [0.1, 0.15) is 0 Å². The van der Waals surface area contributed by atoms with Crippen LogP contribution in [0.3, 0.4) is 0 Å². The van der Waals surface area contributed by atoms with E-state index in [0.717, 1.165) is 25.1 Å². The summed E-state index contributed by atoms with van der Waals surface area (Å²) in [6.07, 6.45) is 6.30. The largest absolute Gasteiger partial charge is 0.320 e. The summed E-state index contributed by atoms with van der Waals surface area (Å²) in [6, 6.07) is 8.38. The summed E-state index contributed by atoms with van der Waals surface area (Å²) >= 11 is 0. The third kappa shape index (κ3) is 3.17. The Hall–Kier alpha value is -1.61. The highest BCUT2D eigenvalue weighted by Gasteiger charge is 2.00. The lowest BCUT2D eigenvalue weighted by molar-refractivity contribution is 0.724. The van der Waals surface area contributed by atoms with Crippen molar-refractivity contribution in [3.63, 3.8) is 0 Å². The lowest BCUT2D eigenvalue weighted by Crippen LogP contribution is -2.08. The summed E-state index contributed by atoms with van der Waals surface area (Å²) in [7, 11) is 1.98. The summed E-state index contributed by atoms with van der Waals surface area (Å²) in [5, 5.41) is 7.56. The molecule has 3 nitrogen and oxygen atoms in total. The van der Waals surface area contributed by atoms with Crippen LogP contribution in [0.4, 0.5) is 0 Å². The lowest BCUT2D eigenvalue weighted by Gasteiger charge is -2.01. The first-order chi connectivity index (χ1) is 8.29. The molecule has 90 valence electrons. The Morgan fingerprint density at radius 3 is 3.00 bits per heavy atom. The van der Waals surface area contributed by atoms with Crippen LogP contribution in [-0.4, -0.2) is 23.4 Å². The van der Waals surface area contributed by atoms with Gasteiger partial charge in [-0.1, -0.05) is 12.1 Å². The van der Waals surface area contributed by atoms with Gasteiger partial charge in [-0.05, 0) is 56.6 Å². The standard InChI is InChI=1S/C14H19N3/c1-12-5-3-7-14(9-12)17-11-13(10-16-17)6-4-8-15-2/h3,5,7,9-11,15H,4,6,8H2,1-2H3. The van der Waals surface area contributed by atoms with Crippen LogP contribution in [0.5, 0.6) is 0 Å². The fourth-order valence-electron chi connectivity index (χ4n) is 1.87. The molecule has 17 heavy (non-hydrogen) atoms. The van der Waals surface area contributed by atoms with Gasteiger partial charge >= 0.3 is 0 Å². The van der Waals surface area contributed by atoms with E-state index >= 15 is 0 Å². The first-order valence-corrected chi connectivity index (χ1v) is 6.05. The van der Waals surface area contributed by atoms with Crippen molar-refractivity contribution in [2.75, 3.05) is 13.6 Å². The molecule has 1 heterocycles. The van der Waals surface area contributed by atoms with Crippen molar-refractivity contribution in [3.8, 4) is 5.69 Å². The van der Waals surface area contributed by atoms with E-state index in [0.29, 0.717) is 0 Å². The Labute approximate surface area is 102 Å². The number of hydrogen-bond acceptors (Lipinski definition) is 2. The van der Waals surface area contributed by atoms with Gasteiger partial charge in [-0.3, -0.25) is 0 Å². The van der Waals surface area contributed by atoms with Gasteiger partial charge in [0, 0.05) is 6.20 Å². The molecule has 0 unspecified atom stereocenters. The first kappa shape index (κ1) is 11.9. The Balaban J connectivity index is 2.07. The van der Waals surface area contributed by atoms with Crippen LogP contribution in [0.15, 0.2) is 36.7 Å². The van der Waals surface area contributed by atoms with Crippen LogP contribution < -0.4 is 5.32 Å². The van der Waals surface area contributed by atoms with Crippen molar-refractivity contribution in [3.05, 3.63) is 47.8 Å². The van der Waals surface area contributed by atoms with E-state index < -0.39 is 0 Å². The minimum atomic E-state index is 1.05. The van der Waals surface area contributed by atoms with E-state index in [1.807, 2.05) is 17.9 Å². The van der Waals surface area contributed by atoms with Gasteiger partial charge in [-0.25, -0.2) is 4.68 Å². The maximum Gasteiger partial charge on any atom is 0.0648 e. The van der Waals surface area contributed by atoms with Gasteiger partial charge in [-0.2, -0.15) is 5.10 Å². The molecule has 0 radical (unpaired) electrons. The number of rotatable bonds is 5. The third-order valence-electron chi connectivity index (χ3n) is 2.79. The Morgan fingerprint density at radius 2 is 2.24 bits per heavy atom. The fourth-order valence-corrected chi connectivity index (χ4v) is 1.87.